The third-order valence-corrected chi connectivity index (χ3v) is 3.72. The number of esters is 1. The fraction of sp³-hybridized carbons (Fsp3) is 0.421. The van der Waals surface area contributed by atoms with Crippen molar-refractivity contribution in [2.75, 3.05) is 7.11 Å². The maximum absolute atomic E-state index is 12.3. The number of fused-ring (bicyclic) bond motifs is 1. The first-order valence-corrected chi connectivity index (χ1v) is 8.76. The van der Waals surface area contributed by atoms with Gasteiger partial charge in [0.15, 0.2) is 0 Å². The first kappa shape index (κ1) is 21.9. The van der Waals surface area contributed by atoms with Gasteiger partial charge in [0.25, 0.3) is 11.8 Å². The van der Waals surface area contributed by atoms with Gasteiger partial charge >= 0.3 is 18.0 Å². The quantitative estimate of drug-likeness (QED) is 0.557. The van der Waals surface area contributed by atoms with Crippen LogP contribution in [0.2, 0.25) is 0 Å². The summed E-state index contributed by atoms with van der Waals surface area (Å²) in [4.78, 5) is 65.2. The lowest BCUT2D eigenvalue weighted by Crippen LogP contribution is -2.42. The van der Waals surface area contributed by atoms with Gasteiger partial charge in [-0.1, -0.05) is 17.2 Å². The minimum absolute atomic E-state index is 0.114. The maximum Gasteiger partial charge on any atom is 0.407 e. The number of amides is 3. The monoisotopic (exact) mass is 406 g/mol. The Labute approximate surface area is 167 Å². The van der Waals surface area contributed by atoms with Crippen LogP contribution in [0.4, 0.5) is 4.79 Å². The molecule has 156 valence electrons. The highest BCUT2D eigenvalue weighted by atomic mass is 16.7. The van der Waals surface area contributed by atoms with Crippen LogP contribution in [0.3, 0.4) is 0 Å². The van der Waals surface area contributed by atoms with Gasteiger partial charge in [-0.25, -0.2) is 9.59 Å². The zero-order valence-electron chi connectivity index (χ0n) is 16.5. The van der Waals surface area contributed by atoms with Crippen molar-refractivity contribution in [1.29, 1.82) is 0 Å². The molecular formula is C19H22N2O8. The molecule has 10 nitrogen and oxygen atoms in total. The van der Waals surface area contributed by atoms with E-state index in [1.54, 1.807) is 32.9 Å². The number of alkyl carbamates (subject to hydrolysis) is 1. The Morgan fingerprint density at radius 1 is 1.00 bits per heavy atom. The van der Waals surface area contributed by atoms with Crippen LogP contribution in [0.5, 0.6) is 0 Å². The number of benzene rings is 1. The molecule has 0 aliphatic carbocycles. The Kier molecular flexibility index (Phi) is 6.57. The minimum atomic E-state index is -1.03. The zero-order chi connectivity index (χ0) is 21.8. The van der Waals surface area contributed by atoms with E-state index < -0.39 is 47.9 Å². The number of carbonyl (C=O) groups excluding carboxylic acids is 5. The summed E-state index contributed by atoms with van der Waals surface area (Å²) in [6.07, 6.45) is -1.69. The number of rotatable bonds is 6. The lowest BCUT2D eigenvalue weighted by molar-refractivity contribution is -0.169. The van der Waals surface area contributed by atoms with Gasteiger partial charge in [-0.05, 0) is 32.9 Å². The molecule has 0 aromatic heterocycles. The van der Waals surface area contributed by atoms with Crippen LogP contribution in [0.15, 0.2) is 24.3 Å². The summed E-state index contributed by atoms with van der Waals surface area (Å²) >= 11 is 0. The largest absolute Gasteiger partial charge is 0.469 e. The van der Waals surface area contributed by atoms with Gasteiger partial charge in [0.1, 0.15) is 5.60 Å². The van der Waals surface area contributed by atoms with Crippen molar-refractivity contribution in [1.82, 2.24) is 10.4 Å². The van der Waals surface area contributed by atoms with Gasteiger partial charge in [0.2, 0.25) is 0 Å². The third kappa shape index (κ3) is 5.77. The van der Waals surface area contributed by atoms with E-state index in [1.807, 2.05) is 0 Å². The highest BCUT2D eigenvalue weighted by Gasteiger charge is 2.39. The van der Waals surface area contributed by atoms with E-state index in [-0.39, 0.29) is 17.5 Å². The van der Waals surface area contributed by atoms with Crippen LogP contribution >= 0.6 is 0 Å². The van der Waals surface area contributed by atoms with Crippen LogP contribution in [0.25, 0.3) is 0 Å². The Hall–Kier alpha value is -3.43. The highest BCUT2D eigenvalue weighted by Crippen LogP contribution is 2.23. The molecule has 3 amide bonds. The number of nitrogens with one attached hydrogen (secondary N) is 1. The molecule has 0 spiro atoms. The van der Waals surface area contributed by atoms with Gasteiger partial charge in [-0.3, -0.25) is 14.4 Å². The Bertz CT molecular complexity index is 808. The Morgan fingerprint density at radius 3 is 2.00 bits per heavy atom. The number of methoxy groups -OCH3 is 1. The van der Waals surface area contributed by atoms with Crippen molar-refractivity contribution >= 4 is 29.8 Å². The standard InChI is InChI=1S/C19H22N2O8/c1-19(2,3)28-18(26)20-11(9-14(22)27-4)10-15(23)29-21-16(24)12-7-5-6-8-13(12)17(21)25/h5-8,11H,9-10H2,1-4H3,(H,20,26)/t11-/m1/s1. The molecule has 10 heteroatoms. The SMILES string of the molecule is COC(=O)C[C@H](CC(=O)ON1C(=O)c2ccccc2C1=O)NC(=O)OC(C)(C)C. The molecule has 0 saturated carbocycles. The molecule has 1 N–H and O–H groups in total. The molecule has 1 atom stereocenters. The van der Waals surface area contributed by atoms with E-state index in [0.717, 1.165) is 7.11 Å². The molecule has 29 heavy (non-hydrogen) atoms. The molecule has 1 heterocycles. The van der Waals surface area contributed by atoms with Crippen LogP contribution in [0, 0.1) is 0 Å². The molecule has 0 fully saturated rings. The molecule has 0 bridgehead atoms. The summed E-state index contributed by atoms with van der Waals surface area (Å²) in [5.41, 5.74) is -0.563. The third-order valence-electron chi connectivity index (χ3n) is 3.72. The second-order valence-corrected chi connectivity index (χ2v) is 7.24. The summed E-state index contributed by atoms with van der Waals surface area (Å²) in [6.45, 7) is 4.95. The normalized spacial score (nSPS) is 14.1. The molecule has 0 unspecified atom stereocenters. The molecule has 1 aliphatic heterocycles. The van der Waals surface area contributed by atoms with E-state index in [0.29, 0.717) is 5.06 Å². The fourth-order valence-electron chi connectivity index (χ4n) is 2.52. The number of ether oxygens (including phenoxy) is 2. The number of hydrogen-bond acceptors (Lipinski definition) is 8. The average Bonchev–Trinajstić information content (AvgIpc) is 2.85. The highest BCUT2D eigenvalue weighted by molar-refractivity contribution is 6.20. The molecule has 1 aromatic carbocycles. The van der Waals surface area contributed by atoms with E-state index >= 15 is 0 Å². The Morgan fingerprint density at radius 2 is 1.52 bits per heavy atom. The molecule has 1 aromatic rings. The number of carbonyl (C=O) groups is 5. The summed E-state index contributed by atoms with van der Waals surface area (Å²) in [5.74, 6) is -3.23. The molecule has 0 radical (unpaired) electrons. The lowest BCUT2D eigenvalue weighted by Gasteiger charge is -2.23. The van der Waals surface area contributed by atoms with E-state index in [9.17, 15) is 24.0 Å². The molecule has 2 rings (SSSR count). The van der Waals surface area contributed by atoms with E-state index in [4.69, 9.17) is 9.57 Å². The fourth-order valence-corrected chi connectivity index (χ4v) is 2.52. The topological polar surface area (TPSA) is 128 Å². The van der Waals surface area contributed by atoms with E-state index in [2.05, 4.69) is 10.1 Å². The molecule has 0 saturated heterocycles. The zero-order valence-corrected chi connectivity index (χ0v) is 16.5. The number of imide groups is 1. The second-order valence-electron chi connectivity index (χ2n) is 7.24. The minimum Gasteiger partial charge on any atom is -0.469 e. The van der Waals surface area contributed by atoms with Crippen molar-refractivity contribution in [3.63, 3.8) is 0 Å². The first-order chi connectivity index (χ1) is 13.5. The number of hydroxylamine groups is 2. The maximum atomic E-state index is 12.3. The van der Waals surface area contributed by atoms with E-state index in [1.165, 1.54) is 12.1 Å². The number of hydrogen-bond donors (Lipinski definition) is 1. The van der Waals surface area contributed by atoms with Gasteiger partial charge in [0.05, 0.1) is 37.1 Å². The van der Waals surface area contributed by atoms with Crippen LogP contribution in [0.1, 0.15) is 54.3 Å². The van der Waals surface area contributed by atoms with Crippen molar-refractivity contribution in [3.05, 3.63) is 35.4 Å². The molecular weight excluding hydrogens is 384 g/mol. The van der Waals surface area contributed by atoms with Gasteiger partial charge in [-0.2, -0.15) is 0 Å². The van der Waals surface area contributed by atoms with Crippen LogP contribution < -0.4 is 5.32 Å². The summed E-state index contributed by atoms with van der Waals surface area (Å²) in [6, 6.07) is 5.00. The van der Waals surface area contributed by atoms with Crippen molar-refractivity contribution in [2.45, 2.75) is 45.3 Å². The summed E-state index contributed by atoms with van der Waals surface area (Å²) in [7, 11) is 1.16. The van der Waals surface area contributed by atoms with Crippen molar-refractivity contribution < 1.29 is 38.3 Å². The smallest absolute Gasteiger partial charge is 0.407 e. The number of nitrogens with zero attached hydrogens (tertiary/aromatic N) is 1. The first-order valence-electron chi connectivity index (χ1n) is 8.76. The Balaban J connectivity index is 2.04. The predicted molar refractivity (Wildman–Crippen MR) is 97.4 cm³/mol. The van der Waals surface area contributed by atoms with Crippen LogP contribution in [-0.4, -0.2) is 53.7 Å². The predicted octanol–water partition coefficient (Wildman–Crippen LogP) is 1.59. The van der Waals surface area contributed by atoms with Gasteiger partial charge in [0, 0.05) is 0 Å². The lowest BCUT2D eigenvalue weighted by atomic mass is 10.1. The van der Waals surface area contributed by atoms with Crippen LogP contribution in [-0.2, 0) is 23.9 Å². The van der Waals surface area contributed by atoms with Gasteiger partial charge < -0.3 is 19.6 Å². The van der Waals surface area contributed by atoms with Gasteiger partial charge in [-0.15, -0.1) is 0 Å². The van der Waals surface area contributed by atoms with Crippen molar-refractivity contribution in [2.24, 2.45) is 0 Å². The average molecular weight is 406 g/mol. The molecule has 1 aliphatic rings. The summed E-state index contributed by atoms with van der Waals surface area (Å²) in [5, 5.41) is 2.74. The van der Waals surface area contributed by atoms with Crippen molar-refractivity contribution in [3.8, 4) is 0 Å². The summed E-state index contributed by atoms with van der Waals surface area (Å²) < 4.78 is 9.65. The second kappa shape index (κ2) is 8.72.